The van der Waals surface area contributed by atoms with E-state index in [9.17, 15) is 9.90 Å². The summed E-state index contributed by atoms with van der Waals surface area (Å²) in [5.41, 5.74) is 1.24. The lowest BCUT2D eigenvalue weighted by Crippen LogP contribution is -2.12. The summed E-state index contributed by atoms with van der Waals surface area (Å²) in [6.07, 6.45) is 1.70. The summed E-state index contributed by atoms with van der Waals surface area (Å²) in [6.45, 7) is 0. The number of rotatable bonds is 4. The van der Waals surface area contributed by atoms with Crippen molar-refractivity contribution in [2.75, 3.05) is 5.32 Å². The van der Waals surface area contributed by atoms with Crippen LogP contribution in [0.15, 0.2) is 66.9 Å². The van der Waals surface area contributed by atoms with Crippen molar-refractivity contribution in [3.05, 3.63) is 86.0 Å². The second kappa shape index (κ2) is 8.67. The van der Waals surface area contributed by atoms with Gasteiger partial charge in [0.25, 0.3) is 5.91 Å². The van der Waals surface area contributed by atoms with E-state index in [4.69, 9.17) is 27.9 Å². The van der Waals surface area contributed by atoms with Crippen LogP contribution in [0.25, 0.3) is 10.9 Å². The van der Waals surface area contributed by atoms with Crippen molar-refractivity contribution in [1.29, 1.82) is 0 Å². The van der Waals surface area contributed by atoms with Gasteiger partial charge in [-0.05, 0) is 65.1 Å². The average molecular weight is 551 g/mol. The lowest BCUT2D eigenvalue weighted by atomic mass is 10.2. The van der Waals surface area contributed by atoms with E-state index in [0.29, 0.717) is 30.8 Å². The molecule has 0 spiro atoms. The minimum Gasteiger partial charge on any atom is -0.506 e. The molecule has 0 fully saturated rings. The van der Waals surface area contributed by atoms with Crippen molar-refractivity contribution in [3.63, 3.8) is 0 Å². The van der Waals surface area contributed by atoms with Gasteiger partial charge in [-0.3, -0.25) is 9.78 Å². The van der Waals surface area contributed by atoms with Crippen LogP contribution in [0.2, 0.25) is 10.0 Å². The number of nitrogens with zero attached hydrogens (tertiary/aromatic N) is 1. The number of benzene rings is 3. The fourth-order valence-corrected chi connectivity index (χ4v) is 4.12. The molecule has 0 bridgehead atoms. The standard InChI is InChI=1S/C22H13Cl2IN2O3/c23-13-9-15(21(28)17(25)10-13)22(29)27-14-6-7-18(16(24)11-14)30-19-5-1-3-12-4-2-8-26-20(12)19/h1-11,28H,(H,27,29). The second-order valence-electron chi connectivity index (χ2n) is 6.32. The van der Waals surface area contributed by atoms with Crippen LogP contribution in [0.4, 0.5) is 5.69 Å². The summed E-state index contributed by atoms with van der Waals surface area (Å²) in [6, 6.07) is 17.3. The van der Waals surface area contributed by atoms with E-state index < -0.39 is 5.91 Å². The summed E-state index contributed by atoms with van der Waals surface area (Å²) in [7, 11) is 0. The molecule has 0 saturated heterocycles. The number of para-hydroxylation sites is 1. The van der Waals surface area contributed by atoms with Gasteiger partial charge in [0.2, 0.25) is 0 Å². The monoisotopic (exact) mass is 550 g/mol. The van der Waals surface area contributed by atoms with Crippen molar-refractivity contribution < 1.29 is 14.6 Å². The normalized spacial score (nSPS) is 10.8. The van der Waals surface area contributed by atoms with Gasteiger partial charge in [-0.15, -0.1) is 0 Å². The number of aromatic hydroxyl groups is 1. The number of ether oxygens (including phenoxy) is 1. The Morgan fingerprint density at radius 1 is 1.03 bits per heavy atom. The third-order valence-corrected chi connectivity index (χ3v) is 5.61. The number of halogens is 3. The summed E-state index contributed by atoms with van der Waals surface area (Å²) < 4.78 is 6.43. The maximum absolute atomic E-state index is 12.6. The number of pyridine rings is 1. The maximum Gasteiger partial charge on any atom is 0.259 e. The Balaban J connectivity index is 1.57. The van der Waals surface area contributed by atoms with Crippen molar-refractivity contribution >= 4 is 68.3 Å². The molecule has 5 nitrogen and oxygen atoms in total. The topological polar surface area (TPSA) is 71.5 Å². The number of phenols is 1. The van der Waals surface area contributed by atoms with Crippen LogP contribution >= 0.6 is 45.8 Å². The minimum absolute atomic E-state index is 0.0742. The summed E-state index contributed by atoms with van der Waals surface area (Å²) in [5.74, 6) is 0.362. The molecule has 0 aliphatic heterocycles. The lowest BCUT2D eigenvalue weighted by molar-refractivity contribution is 0.102. The molecule has 2 N–H and O–H groups in total. The third kappa shape index (κ3) is 4.30. The Labute approximate surface area is 195 Å². The van der Waals surface area contributed by atoms with Crippen molar-refractivity contribution in [3.8, 4) is 17.2 Å². The van der Waals surface area contributed by atoms with Crippen LogP contribution in [-0.2, 0) is 0 Å². The van der Waals surface area contributed by atoms with Crippen LogP contribution in [0.5, 0.6) is 17.2 Å². The number of nitrogens with one attached hydrogen (secondary N) is 1. The molecule has 3 aromatic carbocycles. The molecule has 4 rings (SSSR count). The Morgan fingerprint density at radius 2 is 1.83 bits per heavy atom. The molecule has 150 valence electrons. The zero-order chi connectivity index (χ0) is 21.3. The van der Waals surface area contributed by atoms with Crippen molar-refractivity contribution in [1.82, 2.24) is 4.98 Å². The number of fused-ring (bicyclic) bond motifs is 1. The molecule has 30 heavy (non-hydrogen) atoms. The Bertz CT molecular complexity index is 1280. The Hall–Kier alpha value is -2.55. The van der Waals surface area contributed by atoms with Gasteiger partial charge >= 0.3 is 0 Å². The first-order valence-corrected chi connectivity index (χ1v) is 10.6. The highest BCUT2D eigenvalue weighted by molar-refractivity contribution is 14.1. The molecule has 0 aliphatic rings. The molecule has 4 aromatic rings. The number of carbonyl (C=O) groups excluding carboxylic acids is 1. The molecule has 0 atom stereocenters. The van der Waals surface area contributed by atoms with E-state index in [1.54, 1.807) is 30.5 Å². The molecule has 0 unspecified atom stereocenters. The maximum atomic E-state index is 12.6. The highest BCUT2D eigenvalue weighted by Gasteiger charge is 2.16. The van der Waals surface area contributed by atoms with Crippen LogP contribution in [0.3, 0.4) is 0 Å². The highest BCUT2D eigenvalue weighted by atomic mass is 127. The predicted molar refractivity (Wildman–Crippen MR) is 127 cm³/mol. The number of hydrogen-bond donors (Lipinski definition) is 2. The third-order valence-electron chi connectivity index (χ3n) is 4.28. The first-order chi connectivity index (χ1) is 14.4. The quantitative estimate of drug-likeness (QED) is 0.271. The minimum atomic E-state index is -0.504. The molecule has 1 aromatic heterocycles. The molecule has 0 aliphatic carbocycles. The number of phenolic OH excluding ortho intramolecular Hbond substituents is 1. The summed E-state index contributed by atoms with van der Waals surface area (Å²) >= 11 is 14.3. The predicted octanol–water partition coefficient (Wildman–Crippen LogP) is 6.90. The molecule has 1 amide bonds. The second-order valence-corrected chi connectivity index (χ2v) is 8.32. The van der Waals surface area contributed by atoms with Gasteiger partial charge in [0.05, 0.1) is 14.2 Å². The molecule has 8 heteroatoms. The van der Waals surface area contributed by atoms with E-state index in [-0.39, 0.29) is 11.3 Å². The van der Waals surface area contributed by atoms with Crippen LogP contribution < -0.4 is 10.1 Å². The van der Waals surface area contributed by atoms with E-state index in [1.165, 1.54) is 6.07 Å². The van der Waals surface area contributed by atoms with Crippen molar-refractivity contribution in [2.24, 2.45) is 0 Å². The molecule has 0 radical (unpaired) electrons. The molecule has 1 heterocycles. The van der Waals surface area contributed by atoms with Crippen molar-refractivity contribution in [2.45, 2.75) is 0 Å². The first-order valence-electron chi connectivity index (χ1n) is 8.73. The number of carbonyl (C=O) groups is 1. The molecule has 0 saturated carbocycles. The van der Waals surface area contributed by atoms with E-state index >= 15 is 0 Å². The van der Waals surface area contributed by atoms with Crippen LogP contribution in [0, 0.1) is 3.57 Å². The fourth-order valence-electron chi connectivity index (χ4n) is 2.88. The van der Waals surface area contributed by atoms with Gasteiger partial charge in [0.15, 0.2) is 5.75 Å². The number of hydrogen-bond acceptors (Lipinski definition) is 4. The highest BCUT2D eigenvalue weighted by Crippen LogP contribution is 2.35. The average Bonchev–Trinajstić information content (AvgIpc) is 2.73. The fraction of sp³-hybridized carbons (Fsp3) is 0. The smallest absolute Gasteiger partial charge is 0.259 e. The van der Waals surface area contributed by atoms with E-state index in [1.807, 2.05) is 52.9 Å². The molecular formula is C22H13Cl2IN2O3. The SMILES string of the molecule is O=C(Nc1ccc(Oc2cccc3cccnc23)c(Cl)c1)c1cc(Cl)cc(I)c1O. The zero-order valence-electron chi connectivity index (χ0n) is 15.2. The Morgan fingerprint density at radius 3 is 2.63 bits per heavy atom. The number of amides is 1. The Kier molecular flexibility index (Phi) is 5.99. The van der Waals surface area contributed by atoms with Gasteiger partial charge in [0, 0.05) is 22.3 Å². The van der Waals surface area contributed by atoms with Crippen LogP contribution in [-0.4, -0.2) is 16.0 Å². The summed E-state index contributed by atoms with van der Waals surface area (Å²) in [4.78, 5) is 16.9. The molecular weight excluding hydrogens is 538 g/mol. The van der Waals surface area contributed by atoms with Gasteiger partial charge in [-0.25, -0.2) is 0 Å². The van der Waals surface area contributed by atoms with E-state index in [0.717, 1.165) is 10.9 Å². The van der Waals surface area contributed by atoms with Gasteiger partial charge in [-0.1, -0.05) is 41.4 Å². The lowest BCUT2D eigenvalue weighted by Gasteiger charge is -2.12. The van der Waals surface area contributed by atoms with Gasteiger partial charge < -0.3 is 15.2 Å². The van der Waals surface area contributed by atoms with Gasteiger partial charge in [-0.2, -0.15) is 0 Å². The van der Waals surface area contributed by atoms with E-state index in [2.05, 4.69) is 10.3 Å². The van der Waals surface area contributed by atoms with Crippen LogP contribution in [0.1, 0.15) is 10.4 Å². The largest absolute Gasteiger partial charge is 0.506 e. The van der Waals surface area contributed by atoms with Gasteiger partial charge in [0.1, 0.15) is 17.0 Å². The summed E-state index contributed by atoms with van der Waals surface area (Å²) in [5, 5.41) is 14.5. The zero-order valence-corrected chi connectivity index (χ0v) is 18.9. The number of aromatic nitrogens is 1. The number of anilines is 1. The first kappa shape index (κ1) is 20.7.